The number of sulfonamides is 1. The zero-order chi connectivity index (χ0) is 33.4. The summed E-state index contributed by atoms with van der Waals surface area (Å²) in [6.07, 6.45) is 0.881. The van der Waals surface area contributed by atoms with Crippen LogP contribution >= 0.6 is 34.8 Å². The third-order valence-electron chi connectivity index (χ3n) is 7.51. The molecule has 0 saturated carbocycles. The smallest absolute Gasteiger partial charge is 0.264 e. The van der Waals surface area contributed by atoms with Crippen LogP contribution in [0.4, 0.5) is 5.69 Å². The largest absolute Gasteiger partial charge is 0.354 e. The number of amides is 2. The van der Waals surface area contributed by atoms with Gasteiger partial charge in [0.05, 0.1) is 10.6 Å². The van der Waals surface area contributed by atoms with Gasteiger partial charge in [0.15, 0.2) is 0 Å². The van der Waals surface area contributed by atoms with Crippen LogP contribution in [0.5, 0.6) is 0 Å². The first-order chi connectivity index (χ1) is 21.9. The van der Waals surface area contributed by atoms with E-state index in [0.29, 0.717) is 33.6 Å². The molecule has 0 fully saturated rings. The van der Waals surface area contributed by atoms with Gasteiger partial charge in [-0.25, -0.2) is 8.42 Å². The summed E-state index contributed by atoms with van der Waals surface area (Å²) in [6, 6.07) is 24.5. The number of hydrogen-bond donors (Lipinski definition) is 1. The molecular formula is C35H36Cl3N3O4S. The summed E-state index contributed by atoms with van der Waals surface area (Å²) in [5, 5.41) is 4.00. The molecule has 11 heteroatoms. The van der Waals surface area contributed by atoms with Gasteiger partial charge in [-0.2, -0.15) is 0 Å². The van der Waals surface area contributed by atoms with Crippen LogP contribution < -0.4 is 9.62 Å². The molecule has 1 N–H and O–H groups in total. The Morgan fingerprint density at radius 2 is 1.54 bits per heavy atom. The Morgan fingerprint density at radius 1 is 0.848 bits per heavy atom. The van der Waals surface area contributed by atoms with Crippen LogP contribution in [0.3, 0.4) is 0 Å². The van der Waals surface area contributed by atoms with Gasteiger partial charge in [-0.3, -0.25) is 13.9 Å². The Bertz CT molecular complexity index is 1790. The second kappa shape index (κ2) is 15.8. The van der Waals surface area contributed by atoms with E-state index in [1.165, 1.54) is 23.1 Å². The first-order valence-electron chi connectivity index (χ1n) is 14.8. The normalized spacial score (nSPS) is 12.0. The van der Waals surface area contributed by atoms with Crippen LogP contribution in [0.15, 0.2) is 95.9 Å². The average Bonchev–Trinajstić information content (AvgIpc) is 3.03. The van der Waals surface area contributed by atoms with Gasteiger partial charge in [0.25, 0.3) is 10.0 Å². The maximum absolute atomic E-state index is 14.5. The lowest BCUT2D eigenvalue weighted by atomic mass is 10.0. The van der Waals surface area contributed by atoms with Crippen molar-refractivity contribution in [2.45, 2.75) is 51.1 Å². The van der Waals surface area contributed by atoms with E-state index in [4.69, 9.17) is 34.8 Å². The second-order valence-corrected chi connectivity index (χ2v) is 14.1. The Kier molecular flexibility index (Phi) is 12.1. The number of nitrogens with zero attached hydrogens (tertiary/aromatic N) is 2. The Morgan fingerprint density at radius 3 is 2.17 bits per heavy atom. The second-order valence-electron chi connectivity index (χ2n) is 11.0. The third-order valence-corrected chi connectivity index (χ3v) is 10.3. The minimum absolute atomic E-state index is 0.0106. The van der Waals surface area contributed by atoms with Crippen LogP contribution in [-0.2, 0) is 32.6 Å². The van der Waals surface area contributed by atoms with Gasteiger partial charge >= 0.3 is 0 Å². The highest BCUT2D eigenvalue weighted by Crippen LogP contribution is 2.30. The molecule has 0 bridgehead atoms. The van der Waals surface area contributed by atoms with E-state index in [2.05, 4.69) is 5.32 Å². The maximum Gasteiger partial charge on any atom is 0.264 e. The number of carbonyl (C=O) groups is 2. The molecule has 0 aliphatic rings. The Labute approximate surface area is 286 Å². The number of benzene rings is 4. The van der Waals surface area contributed by atoms with Crippen LogP contribution in [0.2, 0.25) is 15.1 Å². The highest BCUT2D eigenvalue weighted by atomic mass is 35.5. The van der Waals surface area contributed by atoms with Crippen molar-refractivity contribution < 1.29 is 18.0 Å². The lowest BCUT2D eigenvalue weighted by Gasteiger charge is -2.34. The molecule has 4 aromatic rings. The molecule has 4 rings (SSSR count). The van der Waals surface area contributed by atoms with Crippen molar-refractivity contribution in [2.75, 3.05) is 17.4 Å². The number of rotatable bonds is 13. The van der Waals surface area contributed by atoms with E-state index in [0.717, 1.165) is 21.0 Å². The van der Waals surface area contributed by atoms with Crippen molar-refractivity contribution in [3.8, 4) is 0 Å². The Hall–Kier alpha value is -3.56. The van der Waals surface area contributed by atoms with E-state index in [1.54, 1.807) is 49.4 Å². The van der Waals surface area contributed by atoms with Gasteiger partial charge in [-0.15, -0.1) is 0 Å². The summed E-state index contributed by atoms with van der Waals surface area (Å²) in [4.78, 5) is 29.7. The van der Waals surface area contributed by atoms with Gasteiger partial charge in [0.1, 0.15) is 12.6 Å². The molecule has 0 heterocycles. The summed E-state index contributed by atoms with van der Waals surface area (Å²) < 4.78 is 29.4. The predicted molar refractivity (Wildman–Crippen MR) is 186 cm³/mol. The molecule has 0 spiro atoms. The number of carbonyl (C=O) groups excluding carboxylic acids is 2. The SMILES string of the molecule is CCCNC(=O)C(Cc1ccccc1)N(Cc1ccc(Cl)cc1Cl)C(=O)CN(c1ccc(C)c(Cl)c1)S(=O)(=O)c1ccc(C)cc1. The van der Waals surface area contributed by atoms with Crippen LogP contribution in [0.25, 0.3) is 0 Å². The number of nitrogens with one attached hydrogen (secondary N) is 1. The molecule has 7 nitrogen and oxygen atoms in total. The number of aryl methyl sites for hydroxylation is 2. The van der Waals surface area contributed by atoms with Crippen LogP contribution in [-0.4, -0.2) is 44.3 Å². The minimum atomic E-state index is -4.25. The van der Waals surface area contributed by atoms with Gasteiger partial charge in [0.2, 0.25) is 11.8 Å². The highest BCUT2D eigenvalue weighted by molar-refractivity contribution is 7.92. The van der Waals surface area contributed by atoms with E-state index in [-0.39, 0.29) is 29.5 Å². The van der Waals surface area contributed by atoms with E-state index in [9.17, 15) is 18.0 Å². The van der Waals surface area contributed by atoms with E-state index < -0.39 is 28.5 Å². The first kappa shape index (κ1) is 35.3. The van der Waals surface area contributed by atoms with Gasteiger partial charge < -0.3 is 10.2 Å². The molecule has 0 aromatic heterocycles. The fourth-order valence-electron chi connectivity index (χ4n) is 4.86. The van der Waals surface area contributed by atoms with E-state index >= 15 is 0 Å². The predicted octanol–water partition coefficient (Wildman–Crippen LogP) is 7.63. The molecule has 1 unspecified atom stereocenters. The quantitative estimate of drug-likeness (QED) is 0.156. The summed E-state index contributed by atoms with van der Waals surface area (Å²) in [7, 11) is -4.25. The minimum Gasteiger partial charge on any atom is -0.354 e. The topological polar surface area (TPSA) is 86.8 Å². The Balaban J connectivity index is 1.83. The molecule has 46 heavy (non-hydrogen) atoms. The average molecular weight is 701 g/mol. The number of halogens is 3. The summed E-state index contributed by atoms with van der Waals surface area (Å²) in [5.74, 6) is -0.971. The monoisotopic (exact) mass is 699 g/mol. The van der Waals surface area contributed by atoms with Crippen LogP contribution in [0.1, 0.15) is 35.6 Å². The molecule has 0 aliphatic carbocycles. The highest BCUT2D eigenvalue weighted by Gasteiger charge is 2.35. The maximum atomic E-state index is 14.5. The lowest BCUT2D eigenvalue weighted by Crippen LogP contribution is -2.53. The number of hydrogen-bond acceptors (Lipinski definition) is 4. The van der Waals surface area contributed by atoms with Crippen molar-refractivity contribution >= 4 is 62.3 Å². The molecular weight excluding hydrogens is 665 g/mol. The van der Waals surface area contributed by atoms with Crippen molar-refractivity contribution in [2.24, 2.45) is 0 Å². The molecule has 0 radical (unpaired) electrons. The fraction of sp³-hybridized carbons (Fsp3) is 0.257. The van der Waals surface area contributed by atoms with Crippen LogP contribution in [0, 0.1) is 13.8 Å². The van der Waals surface area contributed by atoms with Gasteiger partial charge in [0, 0.05) is 34.6 Å². The molecule has 2 amide bonds. The van der Waals surface area contributed by atoms with Crippen molar-refractivity contribution in [3.05, 3.63) is 128 Å². The van der Waals surface area contributed by atoms with Crippen molar-refractivity contribution in [1.82, 2.24) is 10.2 Å². The van der Waals surface area contributed by atoms with Crippen molar-refractivity contribution in [3.63, 3.8) is 0 Å². The molecule has 4 aromatic carbocycles. The third kappa shape index (κ3) is 8.82. The molecule has 0 aliphatic heterocycles. The summed E-state index contributed by atoms with van der Waals surface area (Å²) in [6.45, 7) is 5.32. The van der Waals surface area contributed by atoms with E-state index in [1.807, 2.05) is 44.2 Å². The molecule has 0 saturated heterocycles. The molecule has 1 atom stereocenters. The first-order valence-corrected chi connectivity index (χ1v) is 17.4. The summed E-state index contributed by atoms with van der Waals surface area (Å²) >= 11 is 19.2. The van der Waals surface area contributed by atoms with Gasteiger partial charge in [-0.1, -0.05) is 102 Å². The molecule has 242 valence electrons. The number of anilines is 1. The fourth-order valence-corrected chi connectivity index (χ4v) is 6.91. The standard InChI is InChI=1S/C35H36Cl3N3O4S/c1-4-18-39-35(43)33(19-26-8-6-5-7-9-26)40(22-27-13-14-28(36)20-32(27)38)34(42)23-41(29-15-12-25(3)31(37)21-29)46(44,45)30-16-10-24(2)11-17-30/h5-17,20-21,33H,4,18-19,22-23H2,1-3H3,(H,39,43). The summed E-state index contributed by atoms with van der Waals surface area (Å²) in [5.41, 5.74) is 3.22. The zero-order valence-corrected chi connectivity index (χ0v) is 28.9. The zero-order valence-electron chi connectivity index (χ0n) is 25.8. The lowest BCUT2D eigenvalue weighted by molar-refractivity contribution is -0.140. The van der Waals surface area contributed by atoms with Gasteiger partial charge in [-0.05, 0) is 73.4 Å². The van der Waals surface area contributed by atoms with Crippen molar-refractivity contribution in [1.29, 1.82) is 0 Å².